The highest BCUT2D eigenvalue weighted by atomic mass is 79.9. The standard InChI is InChI=1S/C15H16BrN3OS/c16-12-5-9-21-14(12)10-18-15(20)19-8-1-2-13(19)11-3-6-17-7-4-11/h3-7,9,13H,1-2,8,10H2,(H,18,20). The summed E-state index contributed by atoms with van der Waals surface area (Å²) in [5.74, 6) is 0. The average Bonchev–Trinajstić information content (AvgIpc) is 3.15. The second-order valence-corrected chi connectivity index (χ2v) is 6.84. The number of pyridine rings is 1. The van der Waals surface area contributed by atoms with E-state index in [0.717, 1.165) is 34.3 Å². The second kappa shape index (κ2) is 6.58. The Morgan fingerprint density at radius 1 is 1.43 bits per heavy atom. The highest BCUT2D eigenvalue weighted by Crippen LogP contribution is 2.31. The van der Waals surface area contributed by atoms with Gasteiger partial charge < -0.3 is 10.2 Å². The van der Waals surface area contributed by atoms with Crippen molar-refractivity contribution in [3.8, 4) is 0 Å². The van der Waals surface area contributed by atoms with Crippen LogP contribution in [0.5, 0.6) is 0 Å². The lowest BCUT2D eigenvalue weighted by Gasteiger charge is -2.25. The molecule has 1 fully saturated rings. The zero-order valence-electron chi connectivity index (χ0n) is 11.5. The van der Waals surface area contributed by atoms with Crippen LogP contribution in [0.15, 0.2) is 40.4 Å². The van der Waals surface area contributed by atoms with Crippen LogP contribution in [-0.2, 0) is 6.54 Å². The van der Waals surface area contributed by atoms with Gasteiger partial charge in [0.2, 0.25) is 0 Å². The molecular weight excluding hydrogens is 350 g/mol. The maximum atomic E-state index is 12.4. The normalized spacial score (nSPS) is 18.0. The largest absolute Gasteiger partial charge is 0.333 e. The maximum absolute atomic E-state index is 12.4. The molecule has 6 heteroatoms. The molecule has 110 valence electrons. The Bertz CT molecular complexity index is 616. The van der Waals surface area contributed by atoms with Gasteiger partial charge >= 0.3 is 6.03 Å². The monoisotopic (exact) mass is 365 g/mol. The van der Waals surface area contributed by atoms with Crippen molar-refractivity contribution in [1.29, 1.82) is 0 Å². The fraction of sp³-hybridized carbons (Fsp3) is 0.333. The van der Waals surface area contributed by atoms with E-state index >= 15 is 0 Å². The summed E-state index contributed by atoms with van der Waals surface area (Å²) in [6.07, 6.45) is 5.63. The van der Waals surface area contributed by atoms with Crippen molar-refractivity contribution in [2.45, 2.75) is 25.4 Å². The summed E-state index contributed by atoms with van der Waals surface area (Å²) in [5.41, 5.74) is 1.16. The lowest BCUT2D eigenvalue weighted by atomic mass is 10.1. The van der Waals surface area contributed by atoms with Crippen LogP contribution in [0.3, 0.4) is 0 Å². The fourth-order valence-corrected chi connectivity index (χ4v) is 4.08. The zero-order chi connectivity index (χ0) is 14.7. The summed E-state index contributed by atoms with van der Waals surface area (Å²) in [6.45, 7) is 1.38. The number of rotatable bonds is 3. The molecule has 3 rings (SSSR count). The molecule has 0 bridgehead atoms. The second-order valence-electron chi connectivity index (χ2n) is 4.98. The van der Waals surface area contributed by atoms with Gasteiger partial charge in [0.1, 0.15) is 0 Å². The van der Waals surface area contributed by atoms with Gasteiger partial charge in [0.25, 0.3) is 0 Å². The zero-order valence-corrected chi connectivity index (χ0v) is 13.9. The summed E-state index contributed by atoms with van der Waals surface area (Å²) in [5, 5.41) is 5.03. The molecule has 2 aromatic rings. The van der Waals surface area contributed by atoms with E-state index < -0.39 is 0 Å². The number of carbonyl (C=O) groups excluding carboxylic acids is 1. The third kappa shape index (κ3) is 3.27. The van der Waals surface area contributed by atoms with Crippen LogP contribution in [0.4, 0.5) is 4.79 Å². The molecule has 0 spiro atoms. The lowest BCUT2D eigenvalue weighted by molar-refractivity contribution is 0.192. The van der Waals surface area contributed by atoms with Gasteiger partial charge in [-0.25, -0.2) is 4.79 Å². The Hall–Kier alpha value is -1.40. The smallest absolute Gasteiger partial charge is 0.318 e. The highest BCUT2D eigenvalue weighted by molar-refractivity contribution is 9.10. The molecule has 2 aromatic heterocycles. The molecule has 1 atom stereocenters. The number of thiophene rings is 1. The van der Waals surface area contributed by atoms with Crippen molar-refractivity contribution < 1.29 is 4.79 Å². The van der Waals surface area contributed by atoms with Gasteiger partial charge in [-0.1, -0.05) is 0 Å². The van der Waals surface area contributed by atoms with Crippen molar-refractivity contribution in [2.75, 3.05) is 6.54 Å². The van der Waals surface area contributed by atoms with E-state index in [2.05, 4.69) is 26.2 Å². The fourth-order valence-electron chi connectivity index (χ4n) is 2.65. The topological polar surface area (TPSA) is 45.2 Å². The van der Waals surface area contributed by atoms with Gasteiger partial charge in [-0.15, -0.1) is 11.3 Å². The van der Waals surface area contributed by atoms with E-state index in [4.69, 9.17) is 0 Å². The predicted molar refractivity (Wildman–Crippen MR) is 87.2 cm³/mol. The number of hydrogen-bond donors (Lipinski definition) is 1. The molecular formula is C15H16BrN3OS. The highest BCUT2D eigenvalue weighted by Gasteiger charge is 2.29. The molecule has 2 amide bonds. The van der Waals surface area contributed by atoms with Gasteiger partial charge in [-0.05, 0) is 57.9 Å². The van der Waals surface area contributed by atoms with Crippen LogP contribution in [-0.4, -0.2) is 22.5 Å². The number of urea groups is 1. The van der Waals surface area contributed by atoms with E-state index in [1.807, 2.05) is 28.5 Å². The van der Waals surface area contributed by atoms with Gasteiger partial charge in [0.15, 0.2) is 0 Å². The number of hydrogen-bond acceptors (Lipinski definition) is 3. The molecule has 4 nitrogen and oxygen atoms in total. The van der Waals surface area contributed by atoms with E-state index in [1.54, 1.807) is 23.7 Å². The van der Waals surface area contributed by atoms with Crippen LogP contribution < -0.4 is 5.32 Å². The van der Waals surface area contributed by atoms with Crippen LogP contribution >= 0.6 is 27.3 Å². The number of nitrogens with one attached hydrogen (secondary N) is 1. The van der Waals surface area contributed by atoms with Crippen LogP contribution in [0, 0.1) is 0 Å². The van der Waals surface area contributed by atoms with Gasteiger partial charge in [0.05, 0.1) is 12.6 Å². The molecule has 1 N–H and O–H groups in total. The van der Waals surface area contributed by atoms with Gasteiger partial charge in [-0.3, -0.25) is 4.98 Å². The first-order chi connectivity index (χ1) is 10.3. The molecule has 1 unspecified atom stereocenters. The first-order valence-electron chi connectivity index (χ1n) is 6.92. The summed E-state index contributed by atoms with van der Waals surface area (Å²) in [6, 6.07) is 6.16. The number of halogens is 1. The van der Waals surface area contributed by atoms with Crippen molar-refractivity contribution in [1.82, 2.24) is 15.2 Å². The quantitative estimate of drug-likeness (QED) is 0.894. The Balaban J connectivity index is 1.65. The minimum atomic E-state index is 0.00890. The first-order valence-corrected chi connectivity index (χ1v) is 8.59. The number of carbonyl (C=O) groups is 1. The van der Waals surface area contributed by atoms with Gasteiger partial charge in [0, 0.05) is 28.3 Å². The Morgan fingerprint density at radius 2 is 2.24 bits per heavy atom. The number of nitrogens with zero attached hydrogens (tertiary/aromatic N) is 2. The van der Waals surface area contributed by atoms with E-state index in [9.17, 15) is 4.79 Å². The van der Waals surface area contributed by atoms with Gasteiger partial charge in [-0.2, -0.15) is 0 Å². The van der Waals surface area contributed by atoms with Crippen molar-refractivity contribution >= 4 is 33.3 Å². The average molecular weight is 366 g/mol. The molecule has 1 aliphatic rings. The SMILES string of the molecule is O=C(NCc1sccc1Br)N1CCCC1c1ccncc1. The Morgan fingerprint density at radius 3 is 2.95 bits per heavy atom. The molecule has 0 aliphatic carbocycles. The minimum absolute atomic E-state index is 0.00890. The third-order valence-electron chi connectivity index (χ3n) is 3.70. The van der Waals surface area contributed by atoms with Crippen molar-refractivity contribution in [3.63, 3.8) is 0 Å². The molecule has 1 aliphatic heterocycles. The number of aromatic nitrogens is 1. The molecule has 1 saturated heterocycles. The molecule has 0 aromatic carbocycles. The van der Waals surface area contributed by atoms with Crippen LogP contribution in [0.25, 0.3) is 0 Å². The number of likely N-dealkylation sites (tertiary alicyclic amines) is 1. The summed E-state index contributed by atoms with van der Waals surface area (Å²) in [7, 11) is 0. The van der Waals surface area contributed by atoms with E-state index in [-0.39, 0.29) is 12.1 Å². The first kappa shape index (κ1) is 14.5. The lowest BCUT2D eigenvalue weighted by Crippen LogP contribution is -2.39. The Labute approximate surface area is 136 Å². The molecule has 3 heterocycles. The van der Waals surface area contributed by atoms with Crippen molar-refractivity contribution in [3.05, 3.63) is 50.9 Å². The number of amides is 2. The summed E-state index contributed by atoms with van der Waals surface area (Å²) >= 11 is 5.13. The Kier molecular flexibility index (Phi) is 4.55. The molecule has 0 saturated carbocycles. The molecule has 21 heavy (non-hydrogen) atoms. The maximum Gasteiger partial charge on any atom is 0.318 e. The predicted octanol–water partition coefficient (Wildman–Crippen LogP) is 3.95. The van der Waals surface area contributed by atoms with Crippen LogP contribution in [0.1, 0.15) is 29.3 Å². The summed E-state index contributed by atoms with van der Waals surface area (Å²) in [4.78, 5) is 19.5. The van der Waals surface area contributed by atoms with Crippen molar-refractivity contribution in [2.24, 2.45) is 0 Å². The summed E-state index contributed by atoms with van der Waals surface area (Å²) < 4.78 is 1.06. The van der Waals surface area contributed by atoms with E-state index in [0.29, 0.717) is 6.54 Å². The van der Waals surface area contributed by atoms with E-state index in [1.165, 1.54) is 0 Å². The molecule has 0 radical (unpaired) electrons. The van der Waals surface area contributed by atoms with Crippen LogP contribution in [0.2, 0.25) is 0 Å². The minimum Gasteiger partial charge on any atom is -0.333 e. The third-order valence-corrected chi connectivity index (χ3v) is 5.62.